The van der Waals surface area contributed by atoms with Gasteiger partial charge in [0.15, 0.2) is 5.60 Å². The van der Waals surface area contributed by atoms with Crippen LogP contribution in [0.5, 0.6) is 5.75 Å². The zero-order valence-electron chi connectivity index (χ0n) is 17.1. The van der Waals surface area contributed by atoms with Crippen LogP contribution in [0, 0.1) is 0 Å². The van der Waals surface area contributed by atoms with Crippen LogP contribution in [0.2, 0.25) is 0 Å². The summed E-state index contributed by atoms with van der Waals surface area (Å²) in [6.45, 7) is 0. The monoisotopic (exact) mass is 446 g/mol. The molecule has 1 aliphatic heterocycles. The molecular weight excluding hydrogens is 428 g/mol. The second-order valence-corrected chi connectivity index (χ2v) is 10.1. The van der Waals surface area contributed by atoms with Gasteiger partial charge in [0.2, 0.25) is 0 Å². The molecule has 1 aliphatic rings. The average molecular weight is 447 g/mol. The molecule has 0 N–H and O–H groups in total. The number of hydrogen-bond acceptors (Lipinski definition) is 3. The minimum atomic E-state index is -0.664. The van der Waals surface area contributed by atoms with Gasteiger partial charge in [-0.25, -0.2) is 0 Å². The fraction of sp³-hybridized carbons (Fsp3) is 0.0345. The molecule has 3 heteroatoms. The van der Waals surface area contributed by atoms with E-state index in [1.807, 2.05) is 22.7 Å². The van der Waals surface area contributed by atoms with Crippen LogP contribution in [-0.4, -0.2) is 0 Å². The third-order valence-electron chi connectivity index (χ3n) is 6.39. The van der Waals surface area contributed by atoms with Crippen LogP contribution in [0.4, 0.5) is 0 Å². The van der Waals surface area contributed by atoms with Crippen molar-refractivity contribution in [3.05, 3.63) is 119 Å². The predicted molar refractivity (Wildman–Crippen MR) is 138 cm³/mol. The molecule has 0 spiro atoms. The van der Waals surface area contributed by atoms with Crippen LogP contribution in [0.15, 0.2) is 102 Å². The van der Waals surface area contributed by atoms with E-state index < -0.39 is 5.60 Å². The van der Waals surface area contributed by atoms with E-state index in [1.54, 1.807) is 0 Å². The highest BCUT2D eigenvalue weighted by Crippen LogP contribution is 2.52. The summed E-state index contributed by atoms with van der Waals surface area (Å²) in [7, 11) is 0. The minimum Gasteiger partial charge on any atom is -0.471 e. The van der Waals surface area contributed by atoms with Crippen LogP contribution < -0.4 is 4.74 Å². The maximum atomic E-state index is 7.14. The number of hydrogen-bond donors (Lipinski definition) is 0. The Morgan fingerprint density at radius 2 is 1.31 bits per heavy atom. The number of thiophene rings is 2. The fourth-order valence-electron chi connectivity index (χ4n) is 4.92. The third-order valence-corrected chi connectivity index (χ3v) is 8.60. The zero-order chi connectivity index (χ0) is 21.1. The molecule has 0 bridgehead atoms. The van der Waals surface area contributed by atoms with Crippen molar-refractivity contribution in [2.24, 2.45) is 0 Å². The van der Waals surface area contributed by atoms with Gasteiger partial charge in [-0.05, 0) is 34.4 Å². The molecule has 0 amide bonds. The lowest BCUT2D eigenvalue weighted by Crippen LogP contribution is -2.34. The first-order valence-electron chi connectivity index (χ1n) is 10.7. The van der Waals surface area contributed by atoms with Crippen molar-refractivity contribution in [1.82, 2.24) is 0 Å². The molecule has 0 saturated heterocycles. The van der Waals surface area contributed by atoms with E-state index in [1.165, 1.54) is 35.8 Å². The number of ether oxygens (including phenoxy) is 1. The first kappa shape index (κ1) is 18.2. The second kappa shape index (κ2) is 6.80. The third kappa shape index (κ3) is 2.44. The van der Waals surface area contributed by atoms with E-state index in [0.29, 0.717) is 0 Å². The van der Waals surface area contributed by atoms with E-state index in [0.717, 1.165) is 16.9 Å². The van der Waals surface area contributed by atoms with Crippen molar-refractivity contribution in [2.45, 2.75) is 5.60 Å². The van der Waals surface area contributed by atoms with Crippen molar-refractivity contribution in [3.63, 3.8) is 0 Å². The lowest BCUT2D eigenvalue weighted by Gasteiger charge is -2.36. The van der Waals surface area contributed by atoms with Gasteiger partial charge in [-0.1, -0.05) is 84.9 Å². The maximum absolute atomic E-state index is 7.14. The molecule has 0 unspecified atom stereocenters. The van der Waals surface area contributed by atoms with Crippen molar-refractivity contribution in [2.75, 3.05) is 0 Å². The summed E-state index contributed by atoms with van der Waals surface area (Å²) in [5.41, 5.74) is 2.77. The molecule has 4 aromatic carbocycles. The normalized spacial score (nSPS) is 14.6. The molecule has 7 rings (SSSR count). The lowest BCUT2D eigenvalue weighted by molar-refractivity contribution is 0.164. The maximum Gasteiger partial charge on any atom is 0.178 e. The van der Waals surface area contributed by atoms with Crippen molar-refractivity contribution in [3.8, 4) is 5.75 Å². The molecule has 152 valence electrons. The highest BCUT2D eigenvalue weighted by Gasteiger charge is 2.38. The highest BCUT2D eigenvalue weighted by molar-refractivity contribution is 7.32. The molecule has 0 aliphatic carbocycles. The SMILES string of the molecule is C1=CC(c2ccccc2)(c2ccccc2)Oc2c1c1ccccc1c1c2sc2ccsc21. The Morgan fingerprint density at radius 3 is 2.03 bits per heavy atom. The van der Waals surface area contributed by atoms with E-state index in [4.69, 9.17) is 4.74 Å². The van der Waals surface area contributed by atoms with Gasteiger partial charge in [-0.3, -0.25) is 0 Å². The average Bonchev–Trinajstić information content (AvgIpc) is 3.47. The van der Waals surface area contributed by atoms with Crippen LogP contribution in [0.3, 0.4) is 0 Å². The van der Waals surface area contributed by atoms with E-state index in [9.17, 15) is 0 Å². The lowest BCUT2D eigenvalue weighted by atomic mass is 9.83. The topological polar surface area (TPSA) is 9.23 Å². The molecule has 0 atom stereocenters. The van der Waals surface area contributed by atoms with E-state index in [2.05, 4.69) is 109 Å². The summed E-state index contributed by atoms with van der Waals surface area (Å²) in [5, 5.41) is 6.05. The fourth-order valence-corrected chi connectivity index (χ4v) is 7.30. The van der Waals surface area contributed by atoms with Crippen LogP contribution in [0.1, 0.15) is 16.7 Å². The van der Waals surface area contributed by atoms with Crippen molar-refractivity contribution < 1.29 is 4.74 Å². The highest BCUT2D eigenvalue weighted by atomic mass is 32.1. The van der Waals surface area contributed by atoms with Gasteiger partial charge >= 0.3 is 0 Å². The van der Waals surface area contributed by atoms with Gasteiger partial charge in [0.25, 0.3) is 0 Å². The van der Waals surface area contributed by atoms with Gasteiger partial charge in [0.1, 0.15) is 5.75 Å². The molecular formula is C29H18OS2. The summed E-state index contributed by atoms with van der Waals surface area (Å²) in [6, 6.07) is 32.1. The Labute approximate surface area is 193 Å². The number of benzene rings is 4. The minimum absolute atomic E-state index is 0.664. The Kier molecular flexibility index (Phi) is 3.87. The quantitative estimate of drug-likeness (QED) is 0.259. The predicted octanol–water partition coefficient (Wildman–Crippen LogP) is 8.62. The molecule has 32 heavy (non-hydrogen) atoms. The molecule has 6 aromatic rings. The molecule has 0 radical (unpaired) electrons. The summed E-state index contributed by atoms with van der Waals surface area (Å²) < 4.78 is 11.1. The van der Waals surface area contributed by atoms with Gasteiger partial charge < -0.3 is 4.74 Å². The van der Waals surface area contributed by atoms with Gasteiger partial charge in [0.05, 0.1) is 9.40 Å². The van der Waals surface area contributed by atoms with E-state index in [-0.39, 0.29) is 0 Å². The van der Waals surface area contributed by atoms with Crippen LogP contribution in [-0.2, 0) is 5.60 Å². The number of fused-ring (bicyclic) bond motifs is 8. The van der Waals surface area contributed by atoms with Gasteiger partial charge in [-0.15, -0.1) is 22.7 Å². The van der Waals surface area contributed by atoms with Crippen LogP contribution in [0.25, 0.3) is 36.3 Å². The number of rotatable bonds is 2. The van der Waals surface area contributed by atoms with Crippen molar-refractivity contribution >= 4 is 59.0 Å². The second-order valence-electron chi connectivity index (χ2n) is 8.11. The summed E-state index contributed by atoms with van der Waals surface area (Å²) in [5.74, 6) is 0.988. The largest absolute Gasteiger partial charge is 0.471 e. The van der Waals surface area contributed by atoms with Crippen molar-refractivity contribution in [1.29, 1.82) is 0 Å². The summed E-state index contributed by atoms with van der Waals surface area (Å²) in [6.07, 6.45) is 4.50. The first-order valence-corrected chi connectivity index (χ1v) is 12.4. The summed E-state index contributed by atoms with van der Waals surface area (Å²) in [4.78, 5) is 0. The van der Waals surface area contributed by atoms with Gasteiger partial charge in [-0.2, -0.15) is 0 Å². The summed E-state index contributed by atoms with van der Waals surface area (Å²) >= 11 is 3.66. The van der Waals surface area contributed by atoms with Gasteiger partial charge in [0, 0.05) is 26.8 Å². The Hall–Kier alpha value is -3.40. The Bertz CT molecular complexity index is 1600. The molecule has 1 nitrogen and oxygen atoms in total. The van der Waals surface area contributed by atoms with Crippen LogP contribution >= 0.6 is 22.7 Å². The van der Waals surface area contributed by atoms with E-state index >= 15 is 0 Å². The zero-order valence-corrected chi connectivity index (χ0v) is 18.8. The Balaban J connectivity index is 1.60. The molecule has 0 fully saturated rings. The molecule has 2 aromatic heterocycles. The molecule has 3 heterocycles. The smallest absolute Gasteiger partial charge is 0.178 e. The first-order chi connectivity index (χ1) is 15.9. The standard InChI is InChI=1S/C29H18OS2/c1-3-9-19(10-4-1)29(20-11-5-2-6-12-20)17-15-23-21-13-7-8-14-22(21)25-27-24(16-18-31-27)32-28(25)26(23)30-29/h1-18H. The molecule has 0 saturated carbocycles. The Morgan fingerprint density at radius 1 is 0.656 bits per heavy atom.